The van der Waals surface area contributed by atoms with Crippen LogP contribution in [0.4, 0.5) is 0 Å². The van der Waals surface area contributed by atoms with Gasteiger partial charge in [-0.2, -0.15) is 0 Å². The molecule has 0 heterocycles. The van der Waals surface area contributed by atoms with E-state index < -0.39 is 8.07 Å². The fraction of sp³-hybridized carbons (Fsp3) is 0.611. The van der Waals surface area contributed by atoms with Crippen LogP contribution >= 0.6 is 0 Å². The van der Waals surface area contributed by atoms with Gasteiger partial charge in [-0.25, -0.2) is 4.79 Å². The standard InChI is InChI=1S/C18H30O2Si/c1-12(2)21(13(3)4,14(5)6)17-11-16(18(19)20-8)10-9-15(17)7/h9-14H,1-8H3. The maximum atomic E-state index is 11.9. The molecule has 0 bridgehead atoms. The van der Waals surface area contributed by atoms with Gasteiger partial charge in [0.15, 0.2) is 0 Å². The van der Waals surface area contributed by atoms with Crippen molar-refractivity contribution >= 4 is 19.2 Å². The predicted molar refractivity (Wildman–Crippen MR) is 93.2 cm³/mol. The van der Waals surface area contributed by atoms with Crippen LogP contribution < -0.4 is 5.19 Å². The van der Waals surface area contributed by atoms with E-state index in [1.165, 1.54) is 17.9 Å². The molecule has 0 saturated heterocycles. The average molecular weight is 307 g/mol. The van der Waals surface area contributed by atoms with Gasteiger partial charge in [0, 0.05) is 0 Å². The van der Waals surface area contributed by atoms with Gasteiger partial charge in [-0.1, -0.05) is 58.4 Å². The highest BCUT2D eigenvalue weighted by molar-refractivity contribution is 6.95. The highest BCUT2D eigenvalue weighted by atomic mass is 28.3. The van der Waals surface area contributed by atoms with E-state index in [0.717, 1.165) is 0 Å². The van der Waals surface area contributed by atoms with Crippen LogP contribution in [-0.4, -0.2) is 21.2 Å². The van der Waals surface area contributed by atoms with Gasteiger partial charge in [0.25, 0.3) is 0 Å². The summed E-state index contributed by atoms with van der Waals surface area (Å²) in [6.45, 7) is 16.2. The first-order chi connectivity index (χ1) is 9.69. The second kappa shape index (κ2) is 6.78. The van der Waals surface area contributed by atoms with Crippen molar-refractivity contribution in [1.82, 2.24) is 0 Å². The summed E-state index contributed by atoms with van der Waals surface area (Å²) in [6.07, 6.45) is 0. The molecule has 118 valence electrons. The van der Waals surface area contributed by atoms with Gasteiger partial charge >= 0.3 is 5.97 Å². The number of carbonyl (C=O) groups is 1. The van der Waals surface area contributed by atoms with E-state index in [1.54, 1.807) is 0 Å². The van der Waals surface area contributed by atoms with E-state index >= 15 is 0 Å². The number of methoxy groups -OCH3 is 1. The first-order valence-corrected chi connectivity index (χ1v) is 10.1. The number of carbonyl (C=O) groups excluding carboxylic acids is 1. The summed E-state index contributed by atoms with van der Waals surface area (Å²) in [5, 5.41) is 1.42. The molecule has 1 aromatic carbocycles. The van der Waals surface area contributed by atoms with Crippen molar-refractivity contribution in [2.24, 2.45) is 0 Å². The molecule has 0 aliphatic heterocycles. The first kappa shape index (κ1) is 18.0. The van der Waals surface area contributed by atoms with Gasteiger partial charge in [-0.15, -0.1) is 0 Å². The van der Waals surface area contributed by atoms with Crippen LogP contribution in [0.15, 0.2) is 18.2 Å². The number of ether oxygens (including phenoxy) is 1. The van der Waals surface area contributed by atoms with E-state index in [-0.39, 0.29) is 5.97 Å². The lowest BCUT2D eigenvalue weighted by Crippen LogP contribution is -2.56. The second-order valence-corrected chi connectivity index (χ2v) is 12.8. The smallest absolute Gasteiger partial charge is 0.337 e. The van der Waals surface area contributed by atoms with E-state index in [0.29, 0.717) is 22.2 Å². The van der Waals surface area contributed by atoms with E-state index in [1.807, 2.05) is 6.07 Å². The molecule has 3 heteroatoms. The SMILES string of the molecule is COC(=O)c1ccc(C)c([Si](C(C)C)(C(C)C)C(C)C)c1. The number of aryl methyl sites for hydroxylation is 1. The minimum Gasteiger partial charge on any atom is -0.465 e. The molecule has 0 radical (unpaired) electrons. The third-order valence-electron chi connectivity index (χ3n) is 4.99. The zero-order valence-corrected chi connectivity index (χ0v) is 15.8. The molecule has 0 amide bonds. The van der Waals surface area contributed by atoms with Gasteiger partial charge in [0.2, 0.25) is 0 Å². The summed E-state index contributed by atoms with van der Waals surface area (Å²) < 4.78 is 4.90. The summed E-state index contributed by atoms with van der Waals surface area (Å²) in [5.41, 5.74) is 3.87. The Morgan fingerprint density at radius 2 is 1.48 bits per heavy atom. The summed E-state index contributed by atoms with van der Waals surface area (Å²) in [6, 6.07) is 6.06. The Labute approximate surface area is 130 Å². The lowest BCUT2D eigenvalue weighted by Gasteiger charge is -2.44. The summed E-state index contributed by atoms with van der Waals surface area (Å²) >= 11 is 0. The minimum atomic E-state index is -1.75. The Morgan fingerprint density at radius 3 is 1.86 bits per heavy atom. The van der Waals surface area contributed by atoms with Gasteiger partial charge in [0.1, 0.15) is 0 Å². The van der Waals surface area contributed by atoms with Crippen LogP contribution in [0.5, 0.6) is 0 Å². The normalized spacial score (nSPS) is 12.3. The lowest BCUT2D eigenvalue weighted by molar-refractivity contribution is 0.0601. The fourth-order valence-corrected chi connectivity index (χ4v) is 11.3. The van der Waals surface area contributed by atoms with Crippen LogP contribution in [0.25, 0.3) is 0 Å². The van der Waals surface area contributed by atoms with Crippen LogP contribution in [0.1, 0.15) is 57.5 Å². The number of rotatable bonds is 5. The molecular formula is C18H30O2Si. The minimum absolute atomic E-state index is 0.240. The van der Waals surface area contributed by atoms with Crippen molar-refractivity contribution in [3.63, 3.8) is 0 Å². The third kappa shape index (κ3) is 3.08. The Hall–Kier alpha value is -1.09. The number of benzene rings is 1. The van der Waals surface area contributed by atoms with Gasteiger partial charge in [-0.3, -0.25) is 0 Å². The van der Waals surface area contributed by atoms with Crippen LogP contribution in [0.3, 0.4) is 0 Å². The monoisotopic (exact) mass is 306 g/mol. The van der Waals surface area contributed by atoms with E-state index in [2.05, 4.69) is 60.6 Å². The molecule has 2 nitrogen and oxygen atoms in total. The maximum Gasteiger partial charge on any atom is 0.337 e. The summed E-state index contributed by atoms with van der Waals surface area (Å²) in [7, 11) is -0.302. The number of hydrogen-bond donors (Lipinski definition) is 0. The van der Waals surface area contributed by atoms with Gasteiger partial charge < -0.3 is 4.74 Å². The zero-order chi connectivity index (χ0) is 16.4. The number of hydrogen-bond acceptors (Lipinski definition) is 2. The van der Waals surface area contributed by atoms with Crippen molar-refractivity contribution in [3.05, 3.63) is 29.3 Å². The molecule has 0 fully saturated rings. The summed E-state index contributed by atoms with van der Waals surface area (Å²) in [4.78, 5) is 11.9. The van der Waals surface area contributed by atoms with Crippen LogP contribution in [-0.2, 0) is 4.74 Å². The van der Waals surface area contributed by atoms with Crippen LogP contribution in [0.2, 0.25) is 16.6 Å². The van der Waals surface area contributed by atoms with Gasteiger partial charge in [-0.05, 0) is 35.7 Å². The van der Waals surface area contributed by atoms with E-state index in [4.69, 9.17) is 4.74 Å². The lowest BCUT2D eigenvalue weighted by atomic mass is 10.1. The largest absolute Gasteiger partial charge is 0.465 e. The van der Waals surface area contributed by atoms with Gasteiger partial charge in [0.05, 0.1) is 20.7 Å². The quantitative estimate of drug-likeness (QED) is 0.584. The third-order valence-corrected chi connectivity index (χ3v) is 12.2. The van der Waals surface area contributed by atoms with Crippen molar-refractivity contribution in [3.8, 4) is 0 Å². The van der Waals surface area contributed by atoms with Crippen molar-refractivity contribution in [1.29, 1.82) is 0 Å². The second-order valence-electron chi connectivity index (χ2n) is 6.92. The van der Waals surface area contributed by atoms with Crippen molar-refractivity contribution in [2.75, 3.05) is 7.11 Å². The Morgan fingerprint density at radius 1 is 1.00 bits per heavy atom. The van der Waals surface area contributed by atoms with E-state index in [9.17, 15) is 4.79 Å². The first-order valence-electron chi connectivity index (χ1n) is 7.88. The average Bonchev–Trinajstić information content (AvgIpc) is 2.39. The maximum absolute atomic E-state index is 11.9. The molecule has 0 unspecified atom stereocenters. The van der Waals surface area contributed by atoms with Crippen molar-refractivity contribution < 1.29 is 9.53 Å². The highest BCUT2D eigenvalue weighted by Gasteiger charge is 2.45. The fourth-order valence-electron chi connectivity index (χ4n) is 4.27. The number of esters is 1. The molecule has 0 aliphatic rings. The summed E-state index contributed by atoms with van der Waals surface area (Å²) in [5.74, 6) is -0.240. The molecular weight excluding hydrogens is 276 g/mol. The molecule has 0 saturated carbocycles. The topological polar surface area (TPSA) is 26.3 Å². The van der Waals surface area contributed by atoms with Crippen LogP contribution in [0, 0.1) is 6.92 Å². The molecule has 0 N–H and O–H groups in total. The molecule has 0 spiro atoms. The Balaban J connectivity index is 3.61. The molecule has 1 rings (SSSR count). The molecule has 21 heavy (non-hydrogen) atoms. The molecule has 1 aromatic rings. The van der Waals surface area contributed by atoms with Crippen molar-refractivity contribution in [2.45, 2.75) is 65.1 Å². The highest BCUT2D eigenvalue weighted by Crippen LogP contribution is 2.41. The molecule has 0 atom stereocenters. The zero-order valence-electron chi connectivity index (χ0n) is 14.8. The molecule has 0 aromatic heterocycles. The predicted octanol–water partition coefficient (Wildman–Crippen LogP) is 4.67. The Bertz CT molecular complexity index is 482. The molecule has 0 aliphatic carbocycles. The Kier molecular flexibility index (Phi) is 5.80.